The fraction of sp³-hybridized carbons (Fsp3) is 0.310. The van der Waals surface area contributed by atoms with Crippen molar-refractivity contribution in [2.75, 3.05) is 31.6 Å². The van der Waals surface area contributed by atoms with Crippen LogP contribution in [0.3, 0.4) is 0 Å². The van der Waals surface area contributed by atoms with Crippen molar-refractivity contribution in [3.05, 3.63) is 83.4 Å². The van der Waals surface area contributed by atoms with Gasteiger partial charge in [-0.05, 0) is 61.4 Å². The van der Waals surface area contributed by atoms with Crippen LogP contribution in [0.25, 0.3) is 0 Å². The summed E-state index contributed by atoms with van der Waals surface area (Å²) in [6.07, 6.45) is 0.321. The molecule has 0 heterocycles. The summed E-state index contributed by atoms with van der Waals surface area (Å²) in [6.45, 7) is 3.47. The Kier molecular flexibility index (Phi) is 10.8. The number of carbonyl (C=O) groups is 2. The molecule has 0 aliphatic rings. The molecule has 3 rings (SSSR count). The van der Waals surface area contributed by atoms with Gasteiger partial charge in [-0.2, -0.15) is 0 Å². The fourth-order valence-electron chi connectivity index (χ4n) is 4.24. The van der Waals surface area contributed by atoms with Crippen LogP contribution < -0.4 is 19.1 Å². The van der Waals surface area contributed by atoms with Gasteiger partial charge in [0.1, 0.15) is 24.1 Å². The number of rotatable bonds is 13. The van der Waals surface area contributed by atoms with E-state index in [0.717, 1.165) is 9.87 Å². The first-order valence-electron chi connectivity index (χ1n) is 12.8. The lowest BCUT2D eigenvalue weighted by molar-refractivity contribution is -0.140. The van der Waals surface area contributed by atoms with Crippen molar-refractivity contribution < 1.29 is 27.5 Å². The van der Waals surface area contributed by atoms with E-state index in [1.165, 1.54) is 49.5 Å². The number of anilines is 1. The van der Waals surface area contributed by atoms with E-state index in [4.69, 9.17) is 21.1 Å². The smallest absolute Gasteiger partial charge is 0.264 e. The number of methoxy groups -OCH3 is 2. The number of nitrogens with zero attached hydrogens (tertiary/aromatic N) is 2. The number of sulfonamides is 1. The summed E-state index contributed by atoms with van der Waals surface area (Å²) in [7, 11) is -1.21. The molecular formula is C29H34ClN3O6S. The molecule has 0 unspecified atom stereocenters. The maximum Gasteiger partial charge on any atom is 0.264 e. The van der Waals surface area contributed by atoms with Gasteiger partial charge in [-0.1, -0.05) is 48.9 Å². The van der Waals surface area contributed by atoms with Gasteiger partial charge >= 0.3 is 0 Å². The molecule has 3 aromatic carbocycles. The standard InChI is InChI=1S/C29H34ClN3O6S/c1-5-26(29(35)31-6-2)32(19-21-11-10-12-23(17-21)38-3)28(34)20-33(22-15-16-27(39-4)25(30)18-22)40(36,37)24-13-8-7-9-14-24/h7-18,26H,5-6,19-20H2,1-4H3,(H,31,35)/t26-/m1/s1. The van der Waals surface area contributed by atoms with Gasteiger partial charge in [0.05, 0.1) is 29.8 Å². The highest BCUT2D eigenvalue weighted by Gasteiger charge is 2.33. The Morgan fingerprint density at radius 3 is 2.27 bits per heavy atom. The normalized spacial score (nSPS) is 11.8. The highest BCUT2D eigenvalue weighted by Crippen LogP contribution is 2.32. The number of ether oxygens (including phenoxy) is 2. The van der Waals surface area contributed by atoms with Crippen LogP contribution >= 0.6 is 11.6 Å². The van der Waals surface area contributed by atoms with Crippen LogP contribution in [-0.4, -0.2) is 58.5 Å². The Bertz CT molecular complexity index is 1420. The average molecular weight is 588 g/mol. The first kappa shape index (κ1) is 30.8. The lowest BCUT2D eigenvalue weighted by Crippen LogP contribution is -2.52. The van der Waals surface area contributed by atoms with Gasteiger partial charge in [-0.15, -0.1) is 0 Å². The quantitative estimate of drug-likeness (QED) is 0.316. The monoisotopic (exact) mass is 587 g/mol. The zero-order valence-electron chi connectivity index (χ0n) is 23.0. The molecule has 9 nitrogen and oxygen atoms in total. The number of hydrogen-bond acceptors (Lipinski definition) is 6. The largest absolute Gasteiger partial charge is 0.497 e. The van der Waals surface area contributed by atoms with Crippen LogP contribution in [0.4, 0.5) is 5.69 Å². The Balaban J connectivity index is 2.09. The van der Waals surface area contributed by atoms with Crippen molar-refractivity contribution in [1.82, 2.24) is 10.2 Å². The summed E-state index contributed by atoms with van der Waals surface area (Å²) in [6, 6.07) is 18.6. The molecule has 0 fully saturated rings. The number of hydrogen-bond donors (Lipinski definition) is 1. The van der Waals surface area contributed by atoms with Crippen LogP contribution in [0.2, 0.25) is 5.02 Å². The van der Waals surface area contributed by atoms with Crippen LogP contribution in [0, 0.1) is 0 Å². The van der Waals surface area contributed by atoms with E-state index in [1.54, 1.807) is 50.2 Å². The molecule has 214 valence electrons. The van der Waals surface area contributed by atoms with Crippen molar-refractivity contribution in [1.29, 1.82) is 0 Å². The number of carbonyl (C=O) groups excluding carboxylic acids is 2. The molecule has 0 aliphatic carbocycles. The van der Waals surface area contributed by atoms with Crippen molar-refractivity contribution in [2.45, 2.75) is 37.8 Å². The third-order valence-electron chi connectivity index (χ3n) is 6.26. The fourth-order valence-corrected chi connectivity index (χ4v) is 5.92. The van der Waals surface area contributed by atoms with E-state index < -0.39 is 28.5 Å². The summed E-state index contributed by atoms with van der Waals surface area (Å²) in [5.41, 5.74) is 0.899. The molecule has 1 atom stereocenters. The molecule has 0 saturated heterocycles. The molecule has 0 bridgehead atoms. The molecule has 0 spiro atoms. The van der Waals surface area contributed by atoms with Gasteiger partial charge < -0.3 is 19.7 Å². The predicted molar refractivity (Wildman–Crippen MR) is 155 cm³/mol. The van der Waals surface area contributed by atoms with Crippen LogP contribution in [0.5, 0.6) is 11.5 Å². The minimum absolute atomic E-state index is 0.00449. The topological polar surface area (TPSA) is 105 Å². The molecular weight excluding hydrogens is 554 g/mol. The van der Waals surface area contributed by atoms with E-state index in [2.05, 4.69) is 5.32 Å². The Morgan fingerprint density at radius 2 is 1.68 bits per heavy atom. The maximum absolute atomic E-state index is 14.0. The second-order valence-corrected chi connectivity index (χ2v) is 11.1. The number of benzene rings is 3. The van der Waals surface area contributed by atoms with E-state index in [0.29, 0.717) is 24.5 Å². The van der Waals surface area contributed by atoms with Gasteiger partial charge in [0, 0.05) is 13.1 Å². The molecule has 1 N–H and O–H groups in total. The van der Waals surface area contributed by atoms with E-state index >= 15 is 0 Å². The summed E-state index contributed by atoms with van der Waals surface area (Å²) < 4.78 is 39.3. The Morgan fingerprint density at radius 1 is 0.950 bits per heavy atom. The zero-order chi connectivity index (χ0) is 29.3. The molecule has 40 heavy (non-hydrogen) atoms. The third-order valence-corrected chi connectivity index (χ3v) is 8.34. The van der Waals surface area contributed by atoms with Crippen molar-refractivity contribution in [3.63, 3.8) is 0 Å². The lowest BCUT2D eigenvalue weighted by atomic mass is 10.1. The van der Waals surface area contributed by atoms with Gasteiger partial charge in [0.25, 0.3) is 10.0 Å². The summed E-state index contributed by atoms with van der Waals surface area (Å²) in [4.78, 5) is 28.5. The van der Waals surface area contributed by atoms with Gasteiger partial charge in [0.2, 0.25) is 11.8 Å². The predicted octanol–water partition coefficient (Wildman–Crippen LogP) is 4.50. The molecule has 3 aromatic rings. The first-order valence-corrected chi connectivity index (χ1v) is 14.6. The van der Waals surface area contributed by atoms with Gasteiger partial charge in [-0.3, -0.25) is 13.9 Å². The van der Waals surface area contributed by atoms with E-state index in [9.17, 15) is 18.0 Å². The second kappa shape index (κ2) is 14.0. The molecule has 2 amide bonds. The summed E-state index contributed by atoms with van der Waals surface area (Å²) in [5, 5.41) is 2.96. The SMILES string of the molecule is CCNC(=O)[C@@H](CC)N(Cc1cccc(OC)c1)C(=O)CN(c1ccc(OC)c(Cl)c1)S(=O)(=O)c1ccccc1. The number of likely N-dealkylation sites (N-methyl/N-ethyl adjacent to an activating group) is 1. The summed E-state index contributed by atoms with van der Waals surface area (Å²) >= 11 is 6.35. The molecule has 11 heteroatoms. The third kappa shape index (κ3) is 7.25. The van der Waals surface area contributed by atoms with Gasteiger partial charge in [-0.25, -0.2) is 8.42 Å². The van der Waals surface area contributed by atoms with Crippen LogP contribution in [-0.2, 0) is 26.2 Å². The van der Waals surface area contributed by atoms with Crippen molar-refractivity contribution >= 4 is 39.1 Å². The molecule has 0 saturated carbocycles. The first-order chi connectivity index (χ1) is 19.2. The maximum atomic E-state index is 14.0. The highest BCUT2D eigenvalue weighted by molar-refractivity contribution is 7.92. The minimum atomic E-state index is -4.20. The molecule has 0 radical (unpaired) electrons. The highest BCUT2D eigenvalue weighted by atomic mass is 35.5. The second-order valence-electron chi connectivity index (χ2n) is 8.84. The van der Waals surface area contributed by atoms with Gasteiger partial charge in [0.15, 0.2) is 0 Å². The van der Waals surface area contributed by atoms with Crippen molar-refractivity contribution in [2.24, 2.45) is 0 Å². The van der Waals surface area contributed by atoms with E-state index in [1.807, 2.05) is 6.07 Å². The number of amides is 2. The minimum Gasteiger partial charge on any atom is -0.497 e. The average Bonchev–Trinajstić information content (AvgIpc) is 2.96. The zero-order valence-corrected chi connectivity index (χ0v) is 24.5. The molecule has 0 aromatic heterocycles. The van der Waals surface area contributed by atoms with E-state index in [-0.39, 0.29) is 28.1 Å². The number of nitrogens with one attached hydrogen (secondary N) is 1. The number of halogens is 1. The van der Waals surface area contributed by atoms with Crippen LogP contribution in [0.1, 0.15) is 25.8 Å². The Hall–Kier alpha value is -3.76. The van der Waals surface area contributed by atoms with Crippen LogP contribution in [0.15, 0.2) is 77.7 Å². The van der Waals surface area contributed by atoms with Crippen molar-refractivity contribution in [3.8, 4) is 11.5 Å². The summed E-state index contributed by atoms with van der Waals surface area (Å²) in [5.74, 6) is 0.0615. The molecule has 0 aliphatic heterocycles. The Labute approximate surface area is 240 Å². The lowest BCUT2D eigenvalue weighted by Gasteiger charge is -2.33.